The molecule has 3 unspecified atom stereocenters. The number of thioether (sulfide) groups is 1. The maximum absolute atomic E-state index is 12.4. The van der Waals surface area contributed by atoms with Crippen LogP contribution in [-0.2, 0) is 10.2 Å². The van der Waals surface area contributed by atoms with Gasteiger partial charge in [-0.15, -0.1) is 0 Å². The molecule has 0 amide bonds. The van der Waals surface area contributed by atoms with Gasteiger partial charge in [0.1, 0.15) is 0 Å². The monoisotopic (exact) mass is 322 g/mol. The van der Waals surface area contributed by atoms with Crippen LogP contribution in [0, 0.1) is 5.92 Å². The molecule has 1 saturated heterocycles. The zero-order valence-corrected chi connectivity index (χ0v) is 13.8. The Bertz CT molecular complexity index is 402. The molecule has 2 fully saturated rings. The van der Waals surface area contributed by atoms with Crippen LogP contribution in [0.25, 0.3) is 0 Å². The normalized spacial score (nSPS) is 33.2. The summed E-state index contributed by atoms with van der Waals surface area (Å²) in [5.74, 6) is 0.0885. The van der Waals surface area contributed by atoms with Crippen molar-refractivity contribution in [3.8, 4) is 0 Å². The molecule has 2 aliphatic rings. The summed E-state index contributed by atoms with van der Waals surface area (Å²) in [4.78, 5) is 0. The van der Waals surface area contributed by atoms with Crippen LogP contribution in [0.3, 0.4) is 0 Å². The second-order valence-electron chi connectivity index (χ2n) is 5.89. The summed E-state index contributed by atoms with van der Waals surface area (Å²) in [5, 5.41) is 9.79. The molecular weight excluding hydrogens is 296 g/mol. The van der Waals surface area contributed by atoms with Crippen LogP contribution in [0.5, 0.6) is 0 Å². The third-order valence-corrected chi connectivity index (χ3v) is 7.09. The van der Waals surface area contributed by atoms with Crippen molar-refractivity contribution in [1.29, 1.82) is 0 Å². The van der Waals surface area contributed by atoms with E-state index in [9.17, 15) is 13.5 Å². The number of aliphatic hydroxyl groups is 1. The number of nitrogens with one attached hydrogen (secondary N) is 1. The predicted octanol–water partition coefficient (Wildman–Crippen LogP) is 1.20. The molecule has 1 heterocycles. The van der Waals surface area contributed by atoms with Gasteiger partial charge in [-0.2, -0.15) is 29.2 Å². The Kier molecular flexibility index (Phi) is 6.16. The highest BCUT2D eigenvalue weighted by Crippen LogP contribution is 2.28. The van der Waals surface area contributed by atoms with E-state index < -0.39 is 10.2 Å². The van der Waals surface area contributed by atoms with Crippen molar-refractivity contribution >= 4 is 22.0 Å². The summed E-state index contributed by atoms with van der Waals surface area (Å²) in [5.41, 5.74) is 0. The molecule has 0 spiro atoms. The van der Waals surface area contributed by atoms with Gasteiger partial charge in [0.15, 0.2) is 0 Å². The lowest BCUT2D eigenvalue weighted by Crippen LogP contribution is -2.50. The molecule has 118 valence electrons. The van der Waals surface area contributed by atoms with Gasteiger partial charge >= 0.3 is 0 Å². The minimum absolute atomic E-state index is 0.0701. The molecule has 0 aromatic carbocycles. The Labute approximate surface area is 126 Å². The summed E-state index contributed by atoms with van der Waals surface area (Å²) in [6.45, 7) is 1.10. The number of nitrogens with zero attached hydrogens (tertiary/aromatic N) is 1. The van der Waals surface area contributed by atoms with E-state index in [1.165, 1.54) is 10.7 Å². The minimum Gasteiger partial charge on any atom is -0.396 e. The van der Waals surface area contributed by atoms with E-state index in [1.54, 1.807) is 0 Å². The minimum atomic E-state index is -3.39. The van der Waals surface area contributed by atoms with Crippen molar-refractivity contribution in [2.45, 2.75) is 49.8 Å². The van der Waals surface area contributed by atoms with Gasteiger partial charge in [-0.25, -0.2) is 0 Å². The largest absolute Gasteiger partial charge is 0.396 e. The van der Waals surface area contributed by atoms with Crippen LogP contribution in [0.2, 0.25) is 0 Å². The van der Waals surface area contributed by atoms with Gasteiger partial charge in [-0.05, 0) is 44.3 Å². The van der Waals surface area contributed by atoms with Gasteiger partial charge in [-0.3, -0.25) is 0 Å². The molecule has 1 aliphatic carbocycles. The first-order chi connectivity index (χ1) is 9.55. The molecule has 2 rings (SSSR count). The fourth-order valence-corrected chi connectivity index (χ4v) is 5.53. The van der Waals surface area contributed by atoms with Crippen molar-refractivity contribution in [3.63, 3.8) is 0 Å². The topological polar surface area (TPSA) is 69.6 Å². The van der Waals surface area contributed by atoms with E-state index in [0.717, 1.165) is 32.1 Å². The molecule has 0 bridgehead atoms. The van der Waals surface area contributed by atoms with Crippen LogP contribution in [0.15, 0.2) is 0 Å². The fourth-order valence-electron chi connectivity index (χ4n) is 3.15. The maximum Gasteiger partial charge on any atom is 0.279 e. The molecule has 1 aliphatic heterocycles. The number of hydrogen-bond donors (Lipinski definition) is 2. The van der Waals surface area contributed by atoms with Gasteiger partial charge in [0.25, 0.3) is 10.2 Å². The van der Waals surface area contributed by atoms with Crippen molar-refractivity contribution in [3.05, 3.63) is 0 Å². The zero-order valence-electron chi connectivity index (χ0n) is 12.1. The fraction of sp³-hybridized carbons (Fsp3) is 1.00. The van der Waals surface area contributed by atoms with Crippen molar-refractivity contribution in [1.82, 2.24) is 9.03 Å². The first-order valence-electron chi connectivity index (χ1n) is 7.46. The number of hydrogen-bond acceptors (Lipinski definition) is 4. The lowest BCUT2D eigenvalue weighted by molar-refractivity contribution is 0.164. The molecule has 0 aromatic heterocycles. The van der Waals surface area contributed by atoms with Gasteiger partial charge in [-0.1, -0.05) is 6.42 Å². The van der Waals surface area contributed by atoms with Gasteiger partial charge in [0.2, 0.25) is 0 Å². The van der Waals surface area contributed by atoms with E-state index in [4.69, 9.17) is 0 Å². The standard InChI is InChI=1S/C13H26N2O3S2/c1-19-13-6-2-5-12(8-13)14-20(17,18)15-7-3-4-11(9-15)10-16/h11-14,16H,2-10H2,1H3. The molecule has 2 N–H and O–H groups in total. The number of aliphatic hydroxyl groups excluding tert-OH is 1. The average Bonchev–Trinajstić information content (AvgIpc) is 2.47. The predicted molar refractivity (Wildman–Crippen MR) is 83.0 cm³/mol. The van der Waals surface area contributed by atoms with E-state index in [1.807, 2.05) is 11.8 Å². The van der Waals surface area contributed by atoms with Crippen LogP contribution < -0.4 is 4.72 Å². The van der Waals surface area contributed by atoms with Crippen LogP contribution >= 0.6 is 11.8 Å². The van der Waals surface area contributed by atoms with E-state index >= 15 is 0 Å². The lowest BCUT2D eigenvalue weighted by Gasteiger charge is -2.34. The molecule has 3 atom stereocenters. The molecule has 5 nitrogen and oxygen atoms in total. The Morgan fingerprint density at radius 1 is 1.30 bits per heavy atom. The third-order valence-electron chi connectivity index (χ3n) is 4.35. The average molecular weight is 322 g/mol. The first kappa shape index (κ1) is 16.5. The van der Waals surface area contributed by atoms with E-state index in [0.29, 0.717) is 18.3 Å². The van der Waals surface area contributed by atoms with Crippen molar-refractivity contribution < 1.29 is 13.5 Å². The van der Waals surface area contributed by atoms with Crippen LogP contribution in [-0.4, -0.2) is 55.1 Å². The molecule has 20 heavy (non-hydrogen) atoms. The van der Waals surface area contributed by atoms with E-state index in [-0.39, 0.29) is 18.6 Å². The summed E-state index contributed by atoms with van der Waals surface area (Å²) >= 11 is 1.83. The van der Waals surface area contributed by atoms with Crippen LogP contribution in [0.1, 0.15) is 38.5 Å². The SMILES string of the molecule is CSC1CCCC(NS(=O)(=O)N2CCCC(CO)C2)C1. The highest BCUT2D eigenvalue weighted by atomic mass is 32.2. The first-order valence-corrected chi connectivity index (χ1v) is 10.2. The quantitative estimate of drug-likeness (QED) is 0.798. The summed E-state index contributed by atoms with van der Waals surface area (Å²) in [6, 6.07) is 0.0701. The summed E-state index contributed by atoms with van der Waals surface area (Å²) in [6.07, 6.45) is 8.00. The lowest BCUT2D eigenvalue weighted by atomic mass is 9.96. The van der Waals surface area contributed by atoms with Crippen molar-refractivity contribution in [2.75, 3.05) is 26.0 Å². The second-order valence-corrected chi connectivity index (χ2v) is 8.73. The molecular formula is C13H26N2O3S2. The van der Waals surface area contributed by atoms with E-state index in [2.05, 4.69) is 11.0 Å². The summed E-state index contributed by atoms with van der Waals surface area (Å²) < 4.78 is 29.3. The molecule has 7 heteroatoms. The smallest absolute Gasteiger partial charge is 0.279 e. The molecule has 1 saturated carbocycles. The van der Waals surface area contributed by atoms with Crippen molar-refractivity contribution in [2.24, 2.45) is 5.92 Å². The van der Waals surface area contributed by atoms with Gasteiger partial charge in [0, 0.05) is 31.0 Å². The maximum atomic E-state index is 12.4. The summed E-state index contributed by atoms with van der Waals surface area (Å²) in [7, 11) is -3.39. The Balaban J connectivity index is 1.92. The third kappa shape index (κ3) is 4.34. The number of rotatable bonds is 5. The van der Waals surface area contributed by atoms with Gasteiger partial charge in [0.05, 0.1) is 0 Å². The second kappa shape index (κ2) is 7.45. The Morgan fingerprint density at radius 3 is 2.80 bits per heavy atom. The highest BCUT2D eigenvalue weighted by molar-refractivity contribution is 7.99. The Morgan fingerprint density at radius 2 is 2.10 bits per heavy atom. The number of piperidine rings is 1. The highest BCUT2D eigenvalue weighted by Gasteiger charge is 2.32. The zero-order chi connectivity index (χ0) is 14.6. The molecule has 0 aromatic rings. The van der Waals surface area contributed by atoms with Crippen LogP contribution in [0.4, 0.5) is 0 Å². The van der Waals surface area contributed by atoms with Gasteiger partial charge < -0.3 is 5.11 Å². The molecule has 0 radical (unpaired) electrons. The Hall–Kier alpha value is 0.180.